The molecule has 1 saturated heterocycles. The molecule has 0 spiro atoms. The molecule has 0 aliphatic carbocycles. The first-order valence-corrected chi connectivity index (χ1v) is 8.67. The van der Waals surface area contributed by atoms with E-state index in [0.717, 1.165) is 32.3 Å². The van der Waals surface area contributed by atoms with Crippen LogP contribution in [0.1, 0.15) is 45.4 Å². The first kappa shape index (κ1) is 15.9. The number of nitrogens with two attached hydrogens (primary N) is 1. The van der Waals surface area contributed by atoms with Gasteiger partial charge in [-0.25, -0.2) is 8.42 Å². The molecule has 0 radical (unpaired) electrons. The Hall–Kier alpha value is -0.170. The fourth-order valence-electron chi connectivity index (χ4n) is 2.27. The van der Waals surface area contributed by atoms with Crippen molar-refractivity contribution in [2.24, 2.45) is 5.84 Å². The number of hydrogen-bond donors (Lipinski definition) is 2. The van der Waals surface area contributed by atoms with Crippen molar-refractivity contribution in [3.05, 3.63) is 0 Å². The number of rotatable bonds is 8. The molecular formula is C12H26N2O3S. The molecule has 5 nitrogen and oxygen atoms in total. The molecule has 1 aliphatic heterocycles. The summed E-state index contributed by atoms with van der Waals surface area (Å²) in [6.07, 6.45) is 6.06. The second-order valence-corrected chi connectivity index (χ2v) is 7.44. The summed E-state index contributed by atoms with van der Waals surface area (Å²) in [7, 11) is -2.86. The Morgan fingerprint density at radius 3 is 2.78 bits per heavy atom. The molecule has 0 saturated carbocycles. The zero-order valence-electron chi connectivity index (χ0n) is 11.2. The van der Waals surface area contributed by atoms with Crippen LogP contribution in [-0.4, -0.2) is 38.7 Å². The Kier molecular flexibility index (Phi) is 7.14. The molecule has 1 fully saturated rings. The molecule has 0 bridgehead atoms. The highest BCUT2D eigenvalue weighted by atomic mass is 32.2. The maximum atomic E-state index is 11.4. The summed E-state index contributed by atoms with van der Waals surface area (Å²) in [5, 5.41) is 0. The van der Waals surface area contributed by atoms with Crippen LogP contribution in [0.4, 0.5) is 0 Å². The van der Waals surface area contributed by atoms with Crippen molar-refractivity contribution < 1.29 is 13.2 Å². The van der Waals surface area contributed by atoms with Gasteiger partial charge in [0, 0.05) is 18.4 Å². The summed E-state index contributed by atoms with van der Waals surface area (Å²) >= 11 is 0. The van der Waals surface area contributed by atoms with Gasteiger partial charge in [-0.2, -0.15) is 0 Å². The van der Waals surface area contributed by atoms with Gasteiger partial charge in [-0.15, -0.1) is 0 Å². The smallest absolute Gasteiger partial charge is 0.150 e. The van der Waals surface area contributed by atoms with Crippen LogP contribution in [0, 0.1) is 0 Å². The fourth-order valence-corrected chi connectivity index (χ4v) is 3.17. The molecule has 18 heavy (non-hydrogen) atoms. The van der Waals surface area contributed by atoms with E-state index in [4.69, 9.17) is 10.6 Å². The summed E-state index contributed by atoms with van der Waals surface area (Å²) < 4.78 is 28.4. The van der Waals surface area contributed by atoms with Crippen molar-refractivity contribution >= 4 is 9.84 Å². The normalized spacial score (nSPS) is 22.9. The predicted molar refractivity (Wildman–Crippen MR) is 72.9 cm³/mol. The van der Waals surface area contributed by atoms with Crippen molar-refractivity contribution in [3.63, 3.8) is 0 Å². The molecule has 0 aromatic carbocycles. The minimum atomic E-state index is -2.86. The molecular weight excluding hydrogens is 252 g/mol. The van der Waals surface area contributed by atoms with Gasteiger partial charge in [0.2, 0.25) is 0 Å². The van der Waals surface area contributed by atoms with E-state index >= 15 is 0 Å². The fraction of sp³-hybridized carbons (Fsp3) is 1.00. The Bertz CT molecular complexity index is 313. The minimum absolute atomic E-state index is 0.153. The van der Waals surface area contributed by atoms with Crippen molar-refractivity contribution in [1.29, 1.82) is 0 Å². The van der Waals surface area contributed by atoms with Gasteiger partial charge in [-0.1, -0.05) is 6.92 Å². The first-order chi connectivity index (χ1) is 8.57. The molecule has 108 valence electrons. The van der Waals surface area contributed by atoms with Crippen LogP contribution in [0.2, 0.25) is 0 Å². The standard InChI is InChI=1S/C12H26N2O3S/c1-2-18(15,16)9-5-6-11(14-13)10-12-7-3-4-8-17-12/h11-12,14H,2-10,13H2,1H3. The molecule has 0 aromatic rings. The Morgan fingerprint density at radius 1 is 1.44 bits per heavy atom. The predicted octanol–water partition coefficient (Wildman–Crippen LogP) is 0.992. The van der Waals surface area contributed by atoms with Crippen molar-refractivity contribution in [3.8, 4) is 0 Å². The third-order valence-corrected chi connectivity index (χ3v) is 5.30. The van der Waals surface area contributed by atoms with Gasteiger partial charge in [0.1, 0.15) is 9.84 Å². The highest BCUT2D eigenvalue weighted by Crippen LogP contribution is 2.18. The zero-order valence-corrected chi connectivity index (χ0v) is 12.0. The third-order valence-electron chi connectivity index (χ3n) is 3.50. The van der Waals surface area contributed by atoms with Gasteiger partial charge in [0.15, 0.2) is 0 Å². The largest absolute Gasteiger partial charge is 0.378 e. The highest BCUT2D eigenvalue weighted by Gasteiger charge is 2.19. The van der Waals surface area contributed by atoms with Crippen LogP contribution in [0.25, 0.3) is 0 Å². The quantitative estimate of drug-likeness (QED) is 0.511. The number of sulfone groups is 1. The lowest BCUT2D eigenvalue weighted by Crippen LogP contribution is -2.39. The Labute approximate surface area is 110 Å². The van der Waals surface area contributed by atoms with Gasteiger partial charge in [0.05, 0.1) is 11.9 Å². The van der Waals surface area contributed by atoms with E-state index in [1.807, 2.05) is 0 Å². The van der Waals surface area contributed by atoms with Gasteiger partial charge in [0.25, 0.3) is 0 Å². The van der Waals surface area contributed by atoms with Gasteiger partial charge < -0.3 is 4.74 Å². The molecule has 0 aromatic heterocycles. The number of ether oxygens (including phenoxy) is 1. The molecule has 6 heteroatoms. The lowest BCUT2D eigenvalue weighted by atomic mass is 9.99. The Morgan fingerprint density at radius 2 is 2.22 bits per heavy atom. The van der Waals surface area contributed by atoms with E-state index in [9.17, 15) is 8.42 Å². The van der Waals surface area contributed by atoms with Crippen LogP contribution >= 0.6 is 0 Å². The second kappa shape index (κ2) is 8.09. The van der Waals surface area contributed by atoms with Gasteiger partial charge in [-0.05, 0) is 38.5 Å². The van der Waals surface area contributed by atoms with E-state index in [2.05, 4.69) is 5.43 Å². The topological polar surface area (TPSA) is 81.4 Å². The second-order valence-electron chi connectivity index (χ2n) is 4.97. The third kappa shape index (κ3) is 6.13. The van der Waals surface area contributed by atoms with Crippen LogP contribution in [0.3, 0.4) is 0 Å². The summed E-state index contributed by atoms with van der Waals surface area (Å²) in [5.74, 6) is 6.00. The van der Waals surface area contributed by atoms with Crippen LogP contribution in [-0.2, 0) is 14.6 Å². The van der Waals surface area contributed by atoms with E-state index < -0.39 is 9.84 Å². The lowest BCUT2D eigenvalue weighted by Gasteiger charge is -2.26. The Balaban J connectivity index is 2.24. The molecule has 2 unspecified atom stereocenters. The highest BCUT2D eigenvalue weighted by molar-refractivity contribution is 7.91. The summed E-state index contributed by atoms with van der Waals surface area (Å²) in [6, 6.07) is 0.153. The molecule has 2 atom stereocenters. The minimum Gasteiger partial charge on any atom is -0.378 e. The monoisotopic (exact) mass is 278 g/mol. The zero-order chi connectivity index (χ0) is 13.4. The van der Waals surface area contributed by atoms with E-state index in [-0.39, 0.29) is 23.7 Å². The van der Waals surface area contributed by atoms with Crippen molar-refractivity contribution in [1.82, 2.24) is 5.43 Å². The molecule has 3 N–H and O–H groups in total. The van der Waals surface area contributed by atoms with Gasteiger partial charge >= 0.3 is 0 Å². The van der Waals surface area contributed by atoms with Crippen LogP contribution in [0.15, 0.2) is 0 Å². The van der Waals surface area contributed by atoms with Crippen LogP contribution < -0.4 is 11.3 Å². The van der Waals surface area contributed by atoms with Crippen molar-refractivity contribution in [2.45, 2.75) is 57.6 Å². The maximum Gasteiger partial charge on any atom is 0.150 e. The SMILES string of the molecule is CCS(=O)(=O)CCCC(CC1CCCCO1)NN. The number of hydrazine groups is 1. The maximum absolute atomic E-state index is 11.4. The van der Waals surface area contributed by atoms with Crippen LogP contribution in [0.5, 0.6) is 0 Å². The van der Waals surface area contributed by atoms with E-state index in [0.29, 0.717) is 6.42 Å². The molecule has 1 rings (SSSR count). The van der Waals surface area contributed by atoms with E-state index in [1.165, 1.54) is 6.42 Å². The molecule has 1 aliphatic rings. The molecule has 0 amide bonds. The first-order valence-electron chi connectivity index (χ1n) is 6.85. The molecule has 1 heterocycles. The van der Waals surface area contributed by atoms with E-state index in [1.54, 1.807) is 6.92 Å². The number of hydrogen-bond acceptors (Lipinski definition) is 5. The summed E-state index contributed by atoms with van der Waals surface area (Å²) in [5.41, 5.74) is 2.78. The average molecular weight is 278 g/mol. The lowest BCUT2D eigenvalue weighted by molar-refractivity contribution is 0.00468. The van der Waals surface area contributed by atoms with Gasteiger partial charge in [-0.3, -0.25) is 11.3 Å². The summed E-state index contributed by atoms with van der Waals surface area (Å²) in [6.45, 7) is 2.52. The number of nitrogens with one attached hydrogen (secondary N) is 1. The average Bonchev–Trinajstić information content (AvgIpc) is 2.38. The summed E-state index contributed by atoms with van der Waals surface area (Å²) in [4.78, 5) is 0. The van der Waals surface area contributed by atoms with Crippen molar-refractivity contribution in [2.75, 3.05) is 18.1 Å².